The first kappa shape index (κ1) is 34.2. The van der Waals surface area contributed by atoms with E-state index in [9.17, 15) is 4.79 Å². The maximum atomic E-state index is 11.9. The van der Waals surface area contributed by atoms with Crippen LogP contribution in [0.1, 0.15) is 81.7 Å². The van der Waals surface area contributed by atoms with Crippen molar-refractivity contribution in [1.29, 1.82) is 0 Å². The van der Waals surface area contributed by atoms with Crippen LogP contribution >= 0.6 is 0 Å². The molecule has 1 aliphatic rings. The highest BCUT2D eigenvalue weighted by atomic mass is 16.1. The monoisotopic (exact) mass is 590 g/mol. The lowest BCUT2D eigenvalue weighted by atomic mass is 9.91. The van der Waals surface area contributed by atoms with Crippen LogP contribution in [0.2, 0.25) is 0 Å². The summed E-state index contributed by atoms with van der Waals surface area (Å²) in [4.78, 5) is 22.7. The van der Waals surface area contributed by atoms with Gasteiger partial charge in [-0.25, -0.2) is 9.97 Å². The Hall–Kier alpha value is -4.25. The topological polar surface area (TPSA) is 51.0 Å². The maximum absolute atomic E-state index is 11.9. The van der Waals surface area contributed by atoms with Crippen LogP contribution in [0, 0.1) is 19.8 Å². The molecule has 5 nitrogen and oxygen atoms in total. The summed E-state index contributed by atoms with van der Waals surface area (Å²) in [6, 6.07) is 30.3. The van der Waals surface area contributed by atoms with Crippen molar-refractivity contribution >= 4 is 22.5 Å². The average molecular weight is 591 g/mol. The van der Waals surface area contributed by atoms with Gasteiger partial charge < -0.3 is 9.47 Å². The summed E-state index contributed by atoms with van der Waals surface area (Å²) in [5.74, 6) is 2.92. The van der Waals surface area contributed by atoms with Gasteiger partial charge in [0.2, 0.25) is 0 Å². The van der Waals surface area contributed by atoms with Crippen molar-refractivity contribution in [1.82, 2.24) is 14.5 Å². The maximum Gasteiger partial charge on any atom is 0.161 e. The Morgan fingerprint density at radius 3 is 1.91 bits per heavy atom. The van der Waals surface area contributed by atoms with Crippen molar-refractivity contribution < 1.29 is 4.79 Å². The second kappa shape index (κ2) is 17.1. The van der Waals surface area contributed by atoms with E-state index in [0.29, 0.717) is 0 Å². The van der Waals surface area contributed by atoms with Crippen LogP contribution in [-0.4, -0.2) is 34.4 Å². The van der Waals surface area contributed by atoms with Crippen molar-refractivity contribution in [3.63, 3.8) is 0 Å². The van der Waals surface area contributed by atoms with Crippen LogP contribution in [0.5, 0.6) is 0 Å². The molecule has 0 bridgehead atoms. The molecule has 6 rings (SSSR count). The first-order valence-electron chi connectivity index (χ1n) is 16.0. The Morgan fingerprint density at radius 1 is 0.795 bits per heavy atom. The zero-order valence-corrected chi connectivity index (χ0v) is 28.0. The Kier molecular flexibility index (Phi) is 13.3. The first-order valence-corrected chi connectivity index (χ1v) is 16.0. The smallest absolute Gasteiger partial charge is 0.161 e. The van der Waals surface area contributed by atoms with E-state index < -0.39 is 0 Å². The molecule has 2 heterocycles. The van der Waals surface area contributed by atoms with E-state index in [1.807, 2.05) is 113 Å². The second-order valence-electron chi connectivity index (χ2n) is 11.4. The zero-order chi connectivity index (χ0) is 32.1. The minimum Gasteiger partial charge on any atom is -0.362 e. The number of hydrogen-bond donors (Lipinski definition) is 0. The quantitative estimate of drug-likeness (QED) is 0.195. The molecule has 44 heavy (non-hydrogen) atoms. The van der Waals surface area contributed by atoms with Gasteiger partial charge in [0, 0.05) is 36.4 Å². The van der Waals surface area contributed by atoms with Crippen LogP contribution in [0.25, 0.3) is 27.8 Å². The van der Waals surface area contributed by atoms with Crippen LogP contribution in [0.3, 0.4) is 0 Å². The molecule has 1 fully saturated rings. The fourth-order valence-corrected chi connectivity index (χ4v) is 5.52. The summed E-state index contributed by atoms with van der Waals surface area (Å²) in [7, 11) is 3.99. The fraction of sp³-hybridized carbons (Fsp3) is 0.359. The van der Waals surface area contributed by atoms with Crippen LogP contribution in [-0.2, 0) is 0 Å². The Morgan fingerprint density at radius 2 is 1.36 bits per heavy atom. The number of anilines is 1. The highest BCUT2D eigenvalue weighted by molar-refractivity contribution is 5.97. The van der Waals surface area contributed by atoms with Gasteiger partial charge in [0.25, 0.3) is 0 Å². The first-order chi connectivity index (χ1) is 21.3. The fourth-order valence-electron chi connectivity index (χ4n) is 5.52. The van der Waals surface area contributed by atoms with E-state index in [4.69, 9.17) is 0 Å². The standard InChI is InChI=1S/C19H17NO.C11H13N3.C7H14.C2H6/c1-14-18(15(2)21)13-19(16-9-5-3-6-10-16)20(14)17-11-7-4-8-12-17;1-8-12-10-7-5-4-6-9(10)11(13-8)14(2)3;1-7-5-3-2-4-6-7;1-2/h3-13H,1-2H3;4-7H,1-3H3;7H,2-6H2,1H3;1-2H3. The number of aromatic nitrogens is 3. The summed E-state index contributed by atoms with van der Waals surface area (Å²) in [6.07, 6.45) is 7.44. The van der Waals surface area contributed by atoms with Gasteiger partial charge in [-0.2, -0.15) is 0 Å². The number of ketones is 1. The Balaban J connectivity index is 0.000000197. The van der Waals surface area contributed by atoms with Gasteiger partial charge in [-0.3, -0.25) is 4.79 Å². The normalized spacial score (nSPS) is 12.5. The summed E-state index contributed by atoms with van der Waals surface area (Å²) in [5, 5.41) is 1.10. The summed E-state index contributed by atoms with van der Waals surface area (Å²) in [5.41, 5.74) is 5.98. The van der Waals surface area contributed by atoms with Gasteiger partial charge in [-0.15, -0.1) is 0 Å². The molecular formula is C39H50N4O. The van der Waals surface area contributed by atoms with Crippen molar-refractivity contribution in [2.24, 2.45) is 5.92 Å². The number of carbonyl (C=O) groups is 1. The van der Waals surface area contributed by atoms with E-state index >= 15 is 0 Å². The predicted octanol–water partition coefficient (Wildman–Crippen LogP) is 10.3. The van der Waals surface area contributed by atoms with Crippen LogP contribution in [0.4, 0.5) is 5.82 Å². The highest BCUT2D eigenvalue weighted by Gasteiger charge is 2.17. The van der Waals surface area contributed by atoms with E-state index in [2.05, 4.69) is 45.7 Å². The third-order valence-electron chi connectivity index (χ3n) is 7.72. The highest BCUT2D eigenvalue weighted by Crippen LogP contribution is 2.29. The van der Waals surface area contributed by atoms with Gasteiger partial charge >= 0.3 is 0 Å². The van der Waals surface area contributed by atoms with Gasteiger partial charge in [0.15, 0.2) is 5.78 Å². The molecule has 0 radical (unpaired) electrons. The van der Waals surface area contributed by atoms with Gasteiger partial charge in [0.1, 0.15) is 11.6 Å². The van der Waals surface area contributed by atoms with E-state index in [1.54, 1.807) is 6.92 Å². The van der Waals surface area contributed by atoms with E-state index in [0.717, 1.165) is 56.7 Å². The SMILES string of the molecule is CC.CC(=O)c1cc(-c2ccccc2)n(-c2ccccc2)c1C.CC1CCCCC1.Cc1nc(N(C)C)c2ccccc2n1. The number of para-hydroxylation sites is 2. The number of benzene rings is 3. The average Bonchev–Trinajstić information content (AvgIpc) is 3.40. The molecule has 1 aliphatic carbocycles. The number of aryl methyl sites for hydroxylation is 1. The van der Waals surface area contributed by atoms with Gasteiger partial charge in [-0.05, 0) is 62.6 Å². The molecule has 0 N–H and O–H groups in total. The van der Waals surface area contributed by atoms with Crippen molar-refractivity contribution in [2.45, 2.75) is 73.6 Å². The van der Waals surface area contributed by atoms with Crippen LogP contribution < -0.4 is 4.90 Å². The minimum atomic E-state index is 0.0966. The number of fused-ring (bicyclic) bond motifs is 1. The van der Waals surface area contributed by atoms with E-state index in [1.165, 1.54) is 32.1 Å². The number of rotatable bonds is 4. The third kappa shape index (κ3) is 9.12. The number of hydrogen-bond acceptors (Lipinski definition) is 4. The summed E-state index contributed by atoms with van der Waals surface area (Å²) >= 11 is 0. The lowest BCUT2D eigenvalue weighted by molar-refractivity contribution is 0.101. The van der Waals surface area contributed by atoms with E-state index in [-0.39, 0.29) is 5.78 Å². The largest absolute Gasteiger partial charge is 0.362 e. The van der Waals surface area contributed by atoms with Gasteiger partial charge in [-0.1, -0.05) is 114 Å². The minimum absolute atomic E-state index is 0.0966. The lowest BCUT2D eigenvalue weighted by Gasteiger charge is -2.15. The summed E-state index contributed by atoms with van der Waals surface area (Å²) < 4.78 is 2.14. The molecule has 0 amide bonds. The third-order valence-corrected chi connectivity index (χ3v) is 7.72. The number of Topliss-reactive ketones (excluding diaryl/α,β-unsaturated/α-hetero) is 1. The molecule has 2 aromatic heterocycles. The van der Waals surface area contributed by atoms with Crippen LogP contribution in [0.15, 0.2) is 91.0 Å². The molecule has 0 aliphatic heterocycles. The van der Waals surface area contributed by atoms with Crippen molar-refractivity contribution in [3.8, 4) is 16.9 Å². The number of carbonyl (C=O) groups excluding carboxylic acids is 1. The van der Waals surface area contributed by atoms with Crippen molar-refractivity contribution in [2.75, 3.05) is 19.0 Å². The Bertz CT molecular complexity index is 1580. The molecular weight excluding hydrogens is 540 g/mol. The number of nitrogens with zero attached hydrogens (tertiary/aromatic N) is 4. The predicted molar refractivity (Wildman–Crippen MR) is 188 cm³/mol. The lowest BCUT2D eigenvalue weighted by Crippen LogP contribution is -2.12. The molecule has 1 saturated carbocycles. The molecule has 0 saturated heterocycles. The van der Waals surface area contributed by atoms with Gasteiger partial charge in [0.05, 0.1) is 11.2 Å². The second-order valence-corrected chi connectivity index (χ2v) is 11.4. The molecule has 0 atom stereocenters. The molecule has 5 heteroatoms. The molecule has 232 valence electrons. The van der Waals surface area contributed by atoms with Crippen molar-refractivity contribution in [3.05, 3.63) is 108 Å². The summed E-state index contributed by atoms with van der Waals surface area (Å²) in [6.45, 7) is 11.9. The molecule has 0 spiro atoms. The molecule has 5 aromatic rings. The molecule has 0 unspecified atom stereocenters. The Labute approximate surface area is 265 Å². The molecule has 3 aromatic carbocycles. The zero-order valence-electron chi connectivity index (χ0n) is 28.0.